The first kappa shape index (κ1) is 19.5. The number of rotatable bonds is 8. The van der Waals surface area contributed by atoms with Crippen LogP contribution in [0.5, 0.6) is 0 Å². The lowest BCUT2D eigenvalue weighted by Crippen LogP contribution is -2.50. The van der Waals surface area contributed by atoms with Crippen LogP contribution in [0.4, 0.5) is 0 Å². The number of sulfone groups is 1. The standard InChI is InChI=1S/C18H24N2O3S3/c1-18(7-11-26(22,23)14-18)19-17(21)13-20(12-16-5-3-10-25-16)8-6-15-4-2-9-24-15/h2-5,9-10H,6-8,11-14H2,1H3,(H,19,21)/t18-/m1/s1. The summed E-state index contributed by atoms with van der Waals surface area (Å²) in [5, 5.41) is 7.06. The van der Waals surface area contributed by atoms with Crippen molar-refractivity contribution in [2.45, 2.75) is 31.8 Å². The van der Waals surface area contributed by atoms with Gasteiger partial charge in [-0.05, 0) is 42.7 Å². The van der Waals surface area contributed by atoms with Gasteiger partial charge in [0.2, 0.25) is 5.91 Å². The van der Waals surface area contributed by atoms with Crippen molar-refractivity contribution in [3.05, 3.63) is 44.8 Å². The summed E-state index contributed by atoms with van der Waals surface area (Å²) in [6.07, 6.45) is 1.39. The molecule has 26 heavy (non-hydrogen) atoms. The van der Waals surface area contributed by atoms with Crippen LogP contribution >= 0.6 is 22.7 Å². The van der Waals surface area contributed by atoms with Gasteiger partial charge in [-0.25, -0.2) is 8.42 Å². The average Bonchev–Trinajstić information content (AvgIpc) is 3.27. The number of hydrogen-bond acceptors (Lipinski definition) is 6. The Hall–Kier alpha value is -1.22. The van der Waals surface area contributed by atoms with E-state index in [1.165, 1.54) is 9.75 Å². The van der Waals surface area contributed by atoms with Gasteiger partial charge >= 0.3 is 0 Å². The molecule has 0 unspecified atom stereocenters. The van der Waals surface area contributed by atoms with Crippen molar-refractivity contribution in [1.82, 2.24) is 10.2 Å². The first-order chi connectivity index (χ1) is 12.3. The van der Waals surface area contributed by atoms with Crippen molar-refractivity contribution in [3.63, 3.8) is 0 Å². The molecule has 0 spiro atoms. The van der Waals surface area contributed by atoms with Gasteiger partial charge in [0, 0.05) is 22.8 Å². The van der Waals surface area contributed by atoms with Crippen LogP contribution in [0, 0.1) is 0 Å². The summed E-state index contributed by atoms with van der Waals surface area (Å²) in [6, 6.07) is 8.24. The van der Waals surface area contributed by atoms with Crippen LogP contribution in [-0.4, -0.2) is 49.4 Å². The zero-order chi connectivity index (χ0) is 18.6. The topological polar surface area (TPSA) is 66.5 Å². The molecule has 0 aliphatic carbocycles. The minimum absolute atomic E-state index is 0.0336. The number of nitrogens with zero attached hydrogens (tertiary/aromatic N) is 1. The van der Waals surface area contributed by atoms with Crippen molar-refractivity contribution in [2.75, 3.05) is 24.6 Å². The van der Waals surface area contributed by atoms with Crippen LogP contribution in [0.15, 0.2) is 35.0 Å². The van der Waals surface area contributed by atoms with Gasteiger partial charge in [-0.15, -0.1) is 22.7 Å². The van der Waals surface area contributed by atoms with E-state index in [1.54, 1.807) is 22.7 Å². The normalized spacial score (nSPS) is 21.9. The van der Waals surface area contributed by atoms with Gasteiger partial charge in [0.25, 0.3) is 0 Å². The molecule has 0 radical (unpaired) electrons. The van der Waals surface area contributed by atoms with Gasteiger partial charge in [-0.2, -0.15) is 0 Å². The zero-order valence-electron chi connectivity index (χ0n) is 14.8. The lowest BCUT2D eigenvalue weighted by Gasteiger charge is -2.27. The Kier molecular flexibility index (Phi) is 6.17. The van der Waals surface area contributed by atoms with E-state index >= 15 is 0 Å². The first-order valence-electron chi connectivity index (χ1n) is 8.62. The molecule has 1 fully saturated rings. The van der Waals surface area contributed by atoms with E-state index in [-0.39, 0.29) is 24.0 Å². The minimum Gasteiger partial charge on any atom is -0.349 e. The molecule has 0 bridgehead atoms. The van der Waals surface area contributed by atoms with Gasteiger partial charge in [0.1, 0.15) is 0 Å². The lowest BCUT2D eigenvalue weighted by atomic mass is 10.0. The van der Waals surface area contributed by atoms with Crippen molar-refractivity contribution in [3.8, 4) is 0 Å². The van der Waals surface area contributed by atoms with Crippen LogP contribution in [0.25, 0.3) is 0 Å². The Morgan fingerprint density at radius 2 is 1.92 bits per heavy atom. The van der Waals surface area contributed by atoms with Crippen molar-refractivity contribution in [1.29, 1.82) is 0 Å². The fourth-order valence-corrected chi connectivity index (χ4v) is 6.79. The van der Waals surface area contributed by atoms with Crippen LogP contribution in [0.3, 0.4) is 0 Å². The quantitative estimate of drug-likeness (QED) is 0.724. The molecule has 1 N–H and O–H groups in total. The van der Waals surface area contributed by atoms with Gasteiger partial charge in [-0.1, -0.05) is 12.1 Å². The largest absolute Gasteiger partial charge is 0.349 e. The molecule has 1 atom stereocenters. The average molecular weight is 413 g/mol. The highest BCUT2D eigenvalue weighted by atomic mass is 32.2. The second-order valence-corrected chi connectivity index (χ2v) is 11.3. The van der Waals surface area contributed by atoms with Crippen LogP contribution in [0.1, 0.15) is 23.1 Å². The predicted molar refractivity (Wildman–Crippen MR) is 107 cm³/mol. The molecule has 1 aliphatic heterocycles. The number of hydrogen-bond donors (Lipinski definition) is 1. The summed E-state index contributed by atoms with van der Waals surface area (Å²) in [6.45, 7) is 3.62. The molecule has 1 aliphatic rings. The molecule has 2 aromatic rings. The Morgan fingerprint density at radius 1 is 1.23 bits per heavy atom. The minimum atomic E-state index is -3.03. The molecule has 5 nitrogen and oxygen atoms in total. The van der Waals surface area contributed by atoms with Crippen LogP contribution in [-0.2, 0) is 27.6 Å². The second-order valence-electron chi connectivity index (χ2n) is 7.07. The zero-order valence-corrected chi connectivity index (χ0v) is 17.3. The Labute approximate surface area is 163 Å². The lowest BCUT2D eigenvalue weighted by molar-refractivity contribution is -0.123. The molecule has 0 aromatic carbocycles. The maximum Gasteiger partial charge on any atom is 0.234 e. The van der Waals surface area contributed by atoms with Crippen molar-refractivity contribution >= 4 is 38.4 Å². The highest BCUT2D eigenvalue weighted by Gasteiger charge is 2.39. The van der Waals surface area contributed by atoms with Gasteiger partial charge < -0.3 is 5.32 Å². The highest BCUT2D eigenvalue weighted by molar-refractivity contribution is 7.91. The van der Waals surface area contributed by atoms with E-state index in [4.69, 9.17) is 0 Å². The summed E-state index contributed by atoms with van der Waals surface area (Å²) in [5.74, 6) is 0.0831. The third kappa shape index (κ3) is 5.64. The number of nitrogens with one attached hydrogen (secondary N) is 1. The van der Waals surface area contributed by atoms with E-state index in [0.717, 1.165) is 19.5 Å². The third-order valence-corrected chi connectivity index (χ3v) is 8.23. The Balaban J connectivity index is 1.59. The van der Waals surface area contributed by atoms with Crippen molar-refractivity contribution < 1.29 is 13.2 Å². The SMILES string of the molecule is C[C@@]1(NC(=O)CN(CCc2cccs2)Cc2cccs2)CCS(=O)(=O)C1. The molecule has 1 amide bonds. The fraction of sp³-hybridized carbons (Fsp3) is 0.500. The van der Waals surface area contributed by atoms with Gasteiger partial charge in [-0.3, -0.25) is 9.69 Å². The summed E-state index contributed by atoms with van der Waals surface area (Å²) in [7, 11) is -3.03. The van der Waals surface area contributed by atoms with E-state index in [1.807, 2.05) is 24.4 Å². The van der Waals surface area contributed by atoms with E-state index in [0.29, 0.717) is 6.42 Å². The van der Waals surface area contributed by atoms with Crippen LogP contribution in [0.2, 0.25) is 0 Å². The molecule has 3 heterocycles. The molecule has 8 heteroatoms. The summed E-state index contributed by atoms with van der Waals surface area (Å²) in [4.78, 5) is 17.2. The third-order valence-electron chi connectivity index (χ3n) is 4.53. The van der Waals surface area contributed by atoms with Crippen molar-refractivity contribution in [2.24, 2.45) is 0 Å². The Morgan fingerprint density at radius 3 is 2.50 bits per heavy atom. The maximum atomic E-state index is 12.6. The number of carbonyl (C=O) groups is 1. The number of amides is 1. The fourth-order valence-electron chi connectivity index (χ4n) is 3.25. The molecule has 2 aromatic heterocycles. The van der Waals surface area contributed by atoms with Gasteiger partial charge in [0.15, 0.2) is 9.84 Å². The molecule has 1 saturated heterocycles. The second kappa shape index (κ2) is 8.21. The molecule has 0 saturated carbocycles. The van der Waals surface area contributed by atoms with Gasteiger partial charge in [0.05, 0.1) is 23.6 Å². The molecular formula is C18H24N2O3S3. The van der Waals surface area contributed by atoms with E-state index in [2.05, 4.69) is 27.7 Å². The van der Waals surface area contributed by atoms with E-state index in [9.17, 15) is 13.2 Å². The predicted octanol–water partition coefficient (Wildman–Crippen LogP) is 2.55. The molecular weight excluding hydrogens is 388 g/mol. The van der Waals surface area contributed by atoms with E-state index < -0.39 is 15.4 Å². The number of thiophene rings is 2. The Bertz CT molecular complexity index is 816. The first-order valence-corrected chi connectivity index (χ1v) is 12.2. The van der Waals surface area contributed by atoms with Crippen LogP contribution < -0.4 is 5.32 Å². The summed E-state index contributed by atoms with van der Waals surface area (Å²) >= 11 is 3.41. The smallest absolute Gasteiger partial charge is 0.234 e. The highest BCUT2D eigenvalue weighted by Crippen LogP contribution is 2.23. The molecule has 3 rings (SSSR count). The summed E-state index contributed by atoms with van der Waals surface area (Å²) in [5.41, 5.74) is -0.641. The maximum absolute atomic E-state index is 12.6. The monoisotopic (exact) mass is 412 g/mol. The molecule has 142 valence electrons. The number of carbonyl (C=O) groups excluding carboxylic acids is 1. The summed E-state index contributed by atoms with van der Waals surface area (Å²) < 4.78 is 23.5.